The van der Waals surface area contributed by atoms with Crippen LogP contribution in [0.15, 0.2) is 69.9 Å². The number of furan rings is 2. The summed E-state index contributed by atoms with van der Waals surface area (Å²) < 4.78 is 35.4. The van der Waals surface area contributed by atoms with Crippen LogP contribution in [0, 0.1) is 10.8 Å². The van der Waals surface area contributed by atoms with Gasteiger partial charge in [-0.3, -0.25) is 9.59 Å². The van der Waals surface area contributed by atoms with Crippen molar-refractivity contribution in [3.8, 4) is 11.5 Å². The number of aliphatic hydroxyl groups is 1. The van der Waals surface area contributed by atoms with Gasteiger partial charge in [-0.05, 0) is 159 Å². The van der Waals surface area contributed by atoms with E-state index in [2.05, 4.69) is 75.2 Å². The zero-order chi connectivity index (χ0) is 59.0. The number of rotatable bonds is 15. The van der Waals surface area contributed by atoms with Crippen molar-refractivity contribution >= 4 is 94.7 Å². The number of hydrogen-bond acceptors (Lipinski definition) is 19. The molecule has 8 N–H and O–H groups in total. The van der Waals surface area contributed by atoms with Crippen molar-refractivity contribution in [3.63, 3.8) is 0 Å². The molecule has 0 spiro atoms. The Morgan fingerprint density at radius 2 is 1.17 bits per heavy atom. The monoisotopic (exact) mass is 1150 g/mol. The van der Waals surface area contributed by atoms with Crippen LogP contribution in [0.3, 0.4) is 0 Å². The molecule has 4 aliphatic heterocycles. The van der Waals surface area contributed by atoms with Gasteiger partial charge in [0, 0.05) is 69.4 Å². The summed E-state index contributed by atoms with van der Waals surface area (Å²) in [5, 5.41) is 25.0. The summed E-state index contributed by atoms with van der Waals surface area (Å²) in [5.41, 5.74) is 8.66. The molecule has 2 saturated heterocycles. The van der Waals surface area contributed by atoms with Gasteiger partial charge in [0.05, 0.1) is 23.9 Å². The Hall–Kier alpha value is -7.21. The lowest BCUT2D eigenvalue weighted by molar-refractivity contribution is -0.130. The number of aliphatic hydroxyl groups excluding tert-OH is 1. The Bertz CT molecular complexity index is 3290. The zero-order valence-corrected chi connectivity index (χ0v) is 50.6. The third-order valence-corrected chi connectivity index (χ3v) is 21.1. The number of nitrogens with two attached hydrogens (primary N) is 1. The number of benzene rings is 2. The van der Waals surface area contributed by atoms with Gasteiger partial charge in [-0.2, -0.15) is 9.97 Å². The smallest absolute Gasteiger partial charge is 0.407 e. The number of carbonyl (C=O) groups is 3. The van der Waals surface area contributed by atoms with Crippen LogP contribution < -0.4 is 51.6 Å². The molecule has 0 unspecified atom stereocenters. The van der Waals surface area contributed by atoms with E-state index < -0.39 is 31.2 Å². The van der Waals surface area contributed by atoms with E-state index in [9.17, 15) is 19.5 Å². The van der Waals surface area contributed by atoms with Crippen LogP contribution in [0.5, 0.6) is 11.5 Å². The molecule has 0 radical (unpaired) electrons. The molecule has 0 saturated carbocycles. The molecular weight excluding hydrogens is 1060 g/mol. The van der Waals surface area contributed by atoms with Crippen molar-refractivity contribution in [3.05, 3.63) is 61.1 Å². The van der Waals surface area contributed by atoms with Gasteiger partial charge < -0.3 is 74.7 Å². The standard InChI is InChI=1S/C35H52N6O6Si.C24H30N6O4/c1-32(2,3)47-31(43)36-22-35(16-20-45-48(9,10)33(4,5)6)14-17-41(18-15-35)28-27-24(13-19-44-27)39-30(40-28)37-23-11-12-26-25(21-23)38-29(42)34(7,8)46-26;1-23(2)21(32)27-17-13-15(3-4-18(17)34-23)26-22-28-16-5-12-33-19(16)20(29-22)30-9-6-24(14-25,7-10-30)8-11-31/h11-13,19,21H,14-18,20,22H2,1-10H3,(H,36,43)(H,38,42)(H,37,39,40);3-5,12-13,31H,6-11,14,25H2,1-2H3,(H,27,32)(H,26,28,29). The minimum absolute atomic E-state index is 0.0359. The topological polar surface area (TPSA) is 279 Å². The lowest BCUT2D eigenvalue weighted by Crippen LogP contribution is -2.48. The van der Waals surface area contributed by atoms with Crippen LogP contribution in [0.4, 0.5) is 51.1 Å². The highest BCUT2D eigenvalue weighted by molar-refractivity contribution is 6.74. The third-order valence-electron chi connectivity index (χ3n) is 16.6. The zero-order valence-electron chi connectivity index (χ0n) is 49.6. The second-order valence-electron chi connectivity index (χ2n) is 25.7. The molecule has 2 fully saturated rings. The molecule has 10 rings (SSSR count). The number of amides is 3. The van der Waals surface area contributed by atoms with Gasteiger partial charge in [0.25, 0.3) is 11.8 Å². The Labute approximate surface area is 480 Å². The maximum Gasteiger partial charge on any atom is 0.407 e. The number of ether oxygens (including phenoxy) is 3. The summed E-state index contributed by atoms with van der Waals surface area (Å²) in [5.74, 6) is 3.08. The maximum atomic E-state index is 12.7. The van der Waals surface area contributed by atoms with Gasteiger partial charge in [0.2, 0.25) is 11.9 Å². The molecule has 4 aromatic heterocycles. The first kappa shape index (κ1) is 59.4. The lowest BCUT2D eigenvalue weighted by Gasteiger charge is -2.43. The normalized spacial score (nSPS) is 18.2. The van der Waals surface area contributed by atoms with Crippen LogP contribution in [-0.4, -0.2) is 121 Å². The highest BCUT2D eigenvalue weighted by Gasteiger charge is 2.42. The van der Waals surface area contributed by atoms with E-state index in [1.54, 1.807) is 46.3 Å². The third kappa shape index (κ3) is 13.3. The SMILES string of the molecule is CC(C)(C)OC(=O)NCC1(CCO[Si](C)(C)C(C)(C)C)CCN(c2nc(Nc3ccc4c(c3)NC(=O)C(C)(C)O4)nc3ccoc23)CC1.CC1(C)Oc2ccc(Nc3nc(N4CCC(CN)(CCO)CC4)c4occc4n3)cc2NC1=O. The minimum atomic E-state index is -1.93. The fraction of sp³-hybridized carbons (Fsp3) is 0.542. The number of piperidine rings is 2. The molecule has 2 aromatic carbocycles. The van der Waals surface area contributed by atoms with E-state index in [0.29, 0.717) is 108 Å². The average Bonchev–Trinajstić information content (AvgIpc) is 4.22. The van der Waals surface area contributed by atoms with Gasteiger partial charge in [-0.1, -0.05) is 20.8 Å². The van der Waals surface area contributed by atoms with Gasteiger partial charge in [-0.15, -0.1) is 0 Å². The number of carbonyl (C=O) groups excluding carboxylic acids is 3. The first-order valence-electron chi connectivity index (χ1n) is 28.3. The van der Waals surface area contributed by atoms with Crippen LogP contribution in [0.1, 0.15) is 108 Å². The van der Waals surface area contributed by atoms with E-state index in [1.165, 1.54) is 0 Å². The van der Waals surface area contributed by atoms with E-state index in [4.69, 9.17) is 48.2 Å². The summed E-state index contributed by atoms with van der Waals surface area (Å²) in [6.45, 7) is 28.6. The molecule has 0 aliphatic carbocycles. The molecule has 8 heterocycles. The maximum absolute atomic E-state index is 12.7. The second-order valence-corrected chi connectivity index (χ2v) is 30.5. The van der Waals surface area contributed by atoms with E-state index in [0.717, 1.165) is 56.7 Å². The number of anilines is 8. The van der Waals surface area contributed by atoms with Crippen molar-refractivity contribution in [1.82, 2.24) is 25.3 Å². The van der Waals surface area contributed by atoms with Gasteiger partial charge >= 0.3 is 6.09 Å². The fourth-order valence-corrected chi connectivity index (χ4v) is 11.3. The Balaban J connectivity index is 0.000000209. The molecular formula is C59H82N12O10Si. The number of nitrogens with one attached hydrogen (secondary N) is 5. The second kappa shape index (κ2) is 22.9. The lowest BCUT2D eigenvalue weighted by atomic mass is 9.75. The summed E-state index contributed by atoms with van der Waals surface area (Å²) in [4.78, 5) is 60.8. The fourth-order valence-electron chi connectivity index (χ4n) is 10.3. The molecule has 0 bridgehead atoms. The van der Waals surface area contributed by atoms with Crippen molar-refractivity contribution in [1.29, 1.82) is 0 Å². The number of hydrogen-bond donors (Lipinski definition) is 7. The van der Waals surface area contributed by atoms with Crippen molar-refractivity contribution < 1.29 is 47.0 Å². The first-order valence-corrected chi connectivity index (χ1v) is 31.2. The molecule has 22 nitrogen and oxygen atoms in total. The highest BCUT2D eigenvalue weighted by atomic mass is 28.4. The number of aromatic nitrogens is 4. The van der Waals surface area contributed by atoms with E-state index in [-0.39, 0.29) is 34.3 Å². The molecule has 4 aliphatic rings. The first-order chi connectivity index (χ1) is 38.6. The Kier molecular flexibility index (Phi) is 16.6. The molecule has 3 amide bonds. The molecule has 82 heavy (non-hydrogen) atoms. The molecule has 442 valence electrons. The predicted molar refractivity (Wildman–Crippen MR) is 320 cm³/mol. The summed E-state index contributed by atoms with van der Waals surface area (Å²) in [6.07, 6.45) is 7.75. The summed E-state index contributed by atoms with van der Waals surface area (Å²) >= 11 is 0. The number of fused-ring (bicyclic) bond motifs is 4. The minimum Gasteiger partial charge on any atom is -0.476 e. The van der Waals surface area contributed by atoms with Crippen LogP contribution >= 0.6 is 0 Å². The summed E-state index contributed by atoms with van der Waals surface area (Å²) in [6, 6.07) is 14.6. The Morgan fingerprint density at radius 3 is 1.60 bits per heavy atom. The molecule has 23 heteroatoms. The largest absolute Gasteiger partial charge is 0.476 e. The summed E-state index contributed by atoms with van der Waals surface area (Å²) in [7, 11) is -1.93. The van der Waals surface area contributed by atoms with E-state index in [1.807, 2.05) is 63.2 Å². The van der Waals surface area contributed by atoms with Crippen LogP contribution in [-0.2, 0) is 18.8 Å². The average molecular weight is 1150 g/mol. The van der Waals surface area contributed by atoms with Crippen molar-refractivity contribution in [2.75, 3.05) is 83.5 Å². The van der Waals surface area contributed by atoms with Gasteiger partial charge in [0.15, 0.2) is 42.3 Å². The number of alkyl carbamates (subject to hydrolysis) is 1. The number of nitrogens with zero attached hydrogens (tertiary/aromatic N) is 6. The quantitative estimate of drug-likeness (QED) is 0.0471. The van der Waals surface area contributed by atoms with Gasteiger partial charge in [-0.25, -0.2) is 14.8 Å². The van der Waals surface area contributed by atoms with Gasteiger partial charge in [0.1, 0.15) is 28.1 Å². The molecule has 0 atom stereocenters. The van der Waals surface area contributed by atoms with Crippen molar-refractivity contribution in [2.24, 2.45) is 16.6 Å². The molecule has 6 aromatic rings. The predicted octanol–water partition coefficient (Wildman–Crippen LogP) is 10.6. The van der Waals surface area contributed by atoms with Crippen molar-refractivity contribution in [2.45, 2.75) is 143 Å². The Morgan fingerprint density at radius 1 is 0.707 bits per heavy atom. The van der Waals surface area contributed by atoms with Crippen LogP contribution in [0.25, 0.3) is 22.2 Å². The van der Waals surface area contributed by atoms with Crippen LogP contribution in [0.2, 0.25) is 18.1 Å². The highest BCUT2D eigenvalue weighted by Crippen LogP contribution is 2.43. The van der Waals surface area contributed by atoms with E-state index >= 15 is 0 Å².